The molecule has 1 amide bonds. The Hall–Kier alpha value is -0.780. The average molecular weight is 421 g/mol. The van der Waals surface area contributed by atoms with Crippen LogP contribution in [-0.2, 0) is 4.79 Å². The van der Waals surface area contributed by atoms with Crippen molar-refractivity contribution in [2.45, 2.75) is 55.8 Å². The molecule has 3 nitrogen and oxygen atoms in total. The molecule has 6 rings (SSSR count). The van der Waals surface area contributed by atoms with Crippen LogP contribution in [-0.4, -0.2) is 22.7 Å². The van der Waals surface area contributed by atoms with Gasteiger partial charge in [0, 0.05) is 11.1 Å². The van der Waals surface area contributed by atoms with Crippen LogP contribution in [0.5, 0.6) is 0 Å². The number of amides is 1. The van der Waals surface area contributed by atoms with Crippen molar-refractivity contribution < 1.29 is 4.79 Å². The molecule has 4 saturated carbocycles. The number of nitrogens with zero attached hydrogens (tertiary/aromatic N) is 1. The number of carbonyl (C=O) groups excluding carboxylic acids is 1. The van der Waals surface area contributed by atoms with Crippen LogP contribution in [0.3, 0.4) is 0 Å². The maximum Gasteiger partial charge on any atom is 0.230 e. The third kappa shape index (κ3) is 3.51. The van der Waals surface area contributed by atoms with Gasteiger partial charge in [0.25, 0.3) is 0 Å². The number of rotatable bonds is 5. The minimum Gasteiger partial charge on any atom is -0.352 e. The highest BCUT2D eigenvalue weighted by molar-refractivity contribution is 8.01. The lowest BCUT2D eigenvalue weighted by Crippen LogP contribution is -2.56. The summed E-state index contributed by atoms with van der Waals surface area (Å²) in [5.41, 5.74) is 1.28. The van der Waals surface area contributed by atoms with E-state index in [0.29, 0.717) is 16.2 Å². The molecule has 0 unspecified atom stereocenters. The second-order valence-electron chi connectivity index (χ2n) is 8.95. The first-order chi connectivity index (χ1) is 13.0. The molecule has 0 radical (unpaired) electrons. The average Bonchev–Trinajstić information content (AvgIpc) is 3.01. The van der Waals surface area contributed by atoms with E-state index in [1.54, 1.807) is 11.3 Å². The van der Waals surface area contributed by atoms with E-state index in [4.69, 9.17) is 11.6 Å². The van der Waals surface area contributed by atoms with E-state index in [-0.39, 0.29) is 11.9 Å². The first kappa shape index (κ1) is 18.3. The van der Waals surface area contributed by atoms with Gasteiger partial charge in [0.15, 0.2) is 4.34 Å². The maximum absolute atomic E-state index is 12.6. The fourth-order valence-corrected chi connectivity index (χ4v) is 8.24. The minimum absolute atomic E-state index is 0.139. The van der Waals surface area contributed by atoms with Gasteiger partial charge in [-0.1, -0.05) is 23.4 Å². The van der Waals surface area contributed by atoms with Gasteiger partial charge in [0.2, 0.25) is 5.91 Å². The number of benzene rings is 1. The number of nitrogens with one attached hydrogen (secondary N) is 1. The first-order valence-electron chi connectivity index (χ1n) is 9.97. The van der Waals surface area contributed by atoms with Crippen molar-refractivity contribution in [1.82, 2.24) is 10.3 Å². The van der Waals surface area contributed by atoms with Crippen LogP contribution in [0.4, 0.5) is 0 Å². The van der Waals surface area contributed by atoms with Gasteiger partial charge < -0.3 is 5.32 Å². The minimum atomic E-state index is 0.139. The van der Waals surface area contributed by atoms with E-state index in [1.165, 1.54) is 50.3 Å². The van der Waals surface area contributed by atoms with Crippen LogP contribution in [0.1, 0.15) is 45.4 Å². The summed E-state index contributed by atoms with van der Waals surface area (Å²) in [7, 11) is 0. The third-order valence-corrected chi connectivity index (χ3v) is 9.45. The van der Waals surface area contributed by atoms with Gasteiger partial charge in [-0.15, -0.1) is 11.3 Å². The van der Waals surface area contributed by atoms with Crippen molar-refractivity contribution in [2.75, 3.05) is 5.75 Å². The summed E-state index contributed by atoms with van der Waals surface area (Å²) in [5, 5.41) is 4.05. The molecule has 144 valence electrons. The number of halogens is 1. The largest absolute Gasteiger partial charge is 0.352 e. The smallest absolute Gasteiger partial charge is 0.230 e. The van der Waals surface area contributed by atoms with E-state index in [0.717, 1.165) is 32.3 Å². The van der Waals surface area contributed by atoms with Crippen LogP contribution in [0.2, 0.25) is 5.02 Å². The quantitative estimate of drug-likeness (QED) is 0.625. The predicted octanol–water partition coefficient (Wildman–Crippen LogP) is 5.76. The number of hydrogen-bond donors (Lipinski definition) is 1. The van der Waals surface area contributed by atoms with Crippen LogP contribution >= 0.6 is 34.7 Å². The molecule has 1 aromatic carbocycles. The number of fused-ring (bicyclic) bond motifs is 1. The summed E-state index contributed by atoms with van der Waals surface area (Å²) in [4.78, 5) is 17.2. The van der Waals surface area contributed by atoms with Gasteiger partial charge in [-0.2, -0.15) is 0 Å². The van der Waals surface area contributed by atoms with E-state index in [9.17, 15) is 4.79 Å². The normalized spacial score (nSPS) is 32.7. The predicted molar refractivity (Wildman–Crippen MR) is 114 cm³/mol. The highest BCUT2D eigenvalue weighted by Crippen LogP contribution is 2.61. The molecule has 0 spiro atoms. The van der Waals surface area contributed by atoms with Crippen molar-refractivity contribution in [3.63, 3.8) is 0 Å². The Balaban J connectivity index is 1.20. The van der Waals surface area contributed by atoms with Gasteiger partial charge in [0.05, 0.1) is 16.0 Å². The second-order valence-corrected chi connectivity index (χ2v) is 11.6. The lowest BCUT2D eigenvalue weighted by atomic mass is 9.48. The Morgan fingerprint density at radius 1 is 1.30 bits per heavy atom. The van der Waals surface area contributed by atoms with Gasteiger partial charge in [-0.05, 0) is 86.8 Å². The number of carbonyl (C=O) groups is 1. The van der Waals surface area contributed by atoms with Crippen molar-refractivity contribution >= 4 is 50.8 Å². The lowest BCUT2D eigenvalue weighted by molar-refractivity contribution is -0.123. The highest BCUT2D eigenvalue weighted by Gasteiger charge is 2.53. The molecule has 4 bridgehead atoms. The molecule has 1 heterocycles. The third-order valence-electron chi connectivity index (χ3n) is 7.04. The molecule has 4 aliphatic carbocycles. The van der Waals surface area contributed by atoms with Crippen molar-refractivity contribution in [3.05, 3.63) is 23.2 Å². The summed E-state index contributed by atoms with van der Waals surface area (Å²) in [5.74, 6) is 3.32. The van der Waals surface area contributed by atoms with Gasteiger partial charge in [-0.25, -0.2) is 4.98 Å². The molecule has 0 saturated heterocycles. The lowest BCUT2D eigenvalue weighted by Gasteiger charge is -2.59. The van der Waals surface area contributed by atoms with Gasteiger partial charge in [0.1, 0.15) is 0 Å². The van der Waals surface area contributed by atoms with E-state index in [2.05, 4.69) is 17.2 Å². The van der Waals surface area contributed by atoms with Gasteiger partial charge >= 0.3 is 0 Å². The van der Waals surface area contributed by atoms with Crippen LogP contribution < -0.4 is 5.32 Å². The summed E-state index contributed by atoms with van der Waals surface area (Å²) in [6, 6.07) is 6.05. The zero-order valence-electron chi connectivity index (χ0n) is 15.5. The number of thiazole rings is 1. The Morgan fingerprint density at radius 3 is 2.63 bits per heavy atom. The molecular formula is C21H25ClN2OS2. The number of hydrogen-bond acceptors (Lipinski definition) is 4. The summed E-state index contributed by atoms with van der Waals surface area (Å²) in [6.07, 6.45) is 8.30. The molecule has 6 heteroatoms. The summed E-state index contributed by atoms with van der Waals surface area (Å²) >= 11 is 9.19. The van der Waals surface area contributed by atoms with E-state index in [1.807, 2.05) is 18.2 Å². The summed E-state index contributed by atoms with van der Waals surface area (Å²) < 4.78 is 2.05. The maximum atomic E-state index is 12.6. The van der Waals surface area contributed by atoms with Crippen LogP contribution in [0.25, 0.3) is 10.2 Å². The Kier molecular flexibility index (Phi) is 4.68. The van der Waals surface area contributed by atoms with Crippen molar-refractivity contribution in [2.24, 2.45) is 23.2 Å². The van der Waals surface area contributed by atoms with Crippen molar-refractivity contribution in [3.8, 4) is 0 Å². The molecular weight excluding hydrogens is 396 g/mol. The Morgan fingerprint density at radius 2 is 1.96 bits per heavy atom. The fourth-order valence-electron chi connectivity index (χ4n) is 6.21. The van der Waals surface area contributed by atoms with Crippen LogP contribution in [0, 0.1) is 23.2 Å². The number of aromatic nitrogens is 1. The van der Waals surface area contributed by atoms with E-state index >= 15 is 0 Å². The molecule has 0 aliphatic heterocycles. The molecule has 27 heavy (non-hydrogen) atoms. The molecule has 4 aliphatic rings. The Labute approximate surface area is 173 Å². The second kappa shape index (κ2) is 6.93. The molecule has 1 N–H and O–H groups in total. The fraction of sp³-hybridized carbons (Fsp3) is 0.619. The zero-order chi connectivity index (χ0) is 18.6. The molecule has 1 aromatic heterocycles. The topological polar surface area (TPSA) is 42.0 Å². The highest BCUT2D eigenvalue weighted by atomic mass is 35.5. The molecule has 2 aromatic rings. The molecule has 4 fully saturated rings. The SMILES string of the molecule is C[C@@H](NC(=O)CSc1nc2cc(Cl)ccc2s1)C12CC3CC(CC(C3)C1)C2. The molecule has 1 atom stereocenters. The summed E-state index contributed by atoms with van der Waals surface area (Å²) in [6.45, 7) is 2.25. The van der Waals surface area contributed by atoms with Crippen molar-refractivity contribution in [1.29, 1.82) is 0 Å². The Bertz CT molecular complexity index is 845. The van der Waals surface area contributed by atoms with Crippen LogP contribution in [0.15, 0.2) is 22.5 Å². The zero-order valence-corrected chi connectivity index (χ0v) is 17.9. The number of thioether (sulfide) groups is 1. The standard InChI is InChI=1S/C21H25ClN2OS2/c1-12(21-8-13-4-14(9-21)6-15(5-13)10-21)23-19(25)11-26-20-24-17-7-16(22)2-3-18(17)27-20/h2-3,7,12-15H,4-6,8-11H2,1H3,(H,23,25)/t12-,13?,14?,15?,21?/m1/s1. The first-order valence-corrected chi connectivity index (χ1v) is 12.2. The van der Waals surface area contributed by atoms with E-state index < -0.39 is 0 Å². The monoisotopic (exact) mass is 420 g/mol. The van der Waals surface area contributed by atoms with Gasteiger partial charge in [-0.3, -0.25) is 4.79 Å².